The van der Waals surface area contributed by atoms with Gasteiger partial charge in [0.05, 0.1) is 16.5 Å². The van der Waals surface area contributed by atoms with E-state index in [9.17, 15) is 22.0 Å². The van der Waals surface area contributed by atoms with Gasteiger partial charge >= 0.3 is 6.61 Å². The van der Waals surface area contributed by atoms with Gasteiger partial charge in [-0.3, -0.25) is 4.79 Å². The molecule has 0 spiro atoms. The number of carbonyl (C=O) groups is 1. The lowest BCUT2D eigenvalue weighted by Gasteiger charge is -2.21. The zero-order chi connectivity index (χ0) is 19.3. The number of benzene rings is 2. The van der Waals surface area contributed by atoms with Gasteiger partial charge in [0.25, 0.3) is 0 Å². The Balaban J connectivity index is 2.36. The second-order valence-corrected chi connectivity index (χ2v) is 7.54. The van der Waals surface area contributed by atoms with Gasteiger partial charge in [-0.15, -0.1) is 0 Å². The molecule has 10 heteroatoms. The van der Waals surface area contributed by atoms with Crippen molar-refractivity contribution in [2.24, 2.45) is 5.73 Å². The molecule has 0 radical (unpaired) electrons. The van der Waals surface area contributed by atoms with Crippen LogP contribution in [0.25, 0.3) is 0 Å². The summed E-state index contributed by atoms with van der Waals surface area (Å²) in [6.45, 7) is -3.75. The molecular weight excluding hydrogens is 390 g/mol. The molecule has 26 heavy (non-hydrogen) atoms. The maximum absolute atomic E-state index is 12.8. The molecule has 0 heterocycles. The number of primary amides is 1. The Labute approximate surface area is 154 Å². The molecule has 0 bridgehead atoms. The van der Waals surface area contributed by atoms with Crippen molar-refractivity contribution in [2.75, 3.05) is 6.54 Å². The summed E-state index contributed by atoms with van der Waals surface area (Å²) in [6, 6.07) is 11.7. The molecule has 0 aliphatic carbocycles. The van der Waals surface area contributed by atoms with E-state index >= 15 is 0 Å². The number of nitrogens with two attached hydrogens (primary N) is 1. The Morgan fingerprint density at radius 2 is 1.85 bits per heavy atom. The number of rotatable bonds is 8. The van der Waals surface area contributed by atoms with Gasteiger partial charge in [-0.25, -0.2) is 8.42 Å². The third kappa shape index (κ3) is 5.13. The van der Waals surface area contributed by atoms with Gasteiger partial charge in [-0.05, 0) is 23.8 Å². The van der Waals surface area contributed by atoms with Crippen molar-refractivity contribution in [3.8, 4) is 5.75 Å². The molecule has 2 aromatic carbocycles. The predicted molar refractivity (Wildman–Crippen MR) is 91.3 cm³/mol. The van der Waals surface area contributed by atoms with Crippen LogP contribution in [0.1, 0.15) is 5.56 Å². The molecule has 6 nitrogen and oxygen atoms in total. The van der Waals surface area contributed by atoms with E-state index in [-0.39, 0.29) is 22.2 Å². The van der Waals surface area contributed by atoms with Gasteiger partial charge in [0.1, 0.15) is 5.75 Å². The highest BCUT2D eigenvalue weighted by Crippen LogP contribution is 2.30. The van der Waals surface area contributed by atoms with Gasteiger partial charge in [0, 0.05) is 6.54 Å². The number of alkyl halides is 2. The van der Waals surface area contributed by atoms with Crippen molar-refractivity contribution in [3.63, 3.8) is 0 Å². The first-order valence-electron chi connectivity index (χ1n) is 7.27. The lowest BCUT2D eigenvalue weighted by molar-refractivity contribution is -0.118. The number of sulfonamides is 1. The van der Waals surface area contributed by atoms with Gasteiger partial charge in [-0.2, -0.15) is 13.1 Å². The minimum absolute atomic E-state index is 0.0982. The highest BCUT2D eigenvalue weighted by atomic mass is 35.5. The molecule has 0 saturated carbocycles. The zero-order valence-corrected chi connectivity index (χ0v) is 14.9. The van der Waals surface area contributed by atoms with Crippen molar-refractivity contribution in [3.05, 3.63) is 59.1 Å². The number of ether oxygens (including phenoxy) is 1. The van der Waals surface area contributed by atoms with E-state index in [1.807, 2.05) is 0 Å². The zero-order valence-electron chi connectivity index (χ0n) is 13.3. The molecule has 0 aliphatic heterocycles. The summed E-state index contributed by atoms with van der Waals surface area (Å²) in [5, 5.41) is -0.301. The molecule has 0 aliphatic rings. The van der Waals surface area contributed by atoms with E-state index in [4.69, 9.17) is 17.3 Å². The molecule has 2 N–H and O–H groups in total. The summed E-state index contributed by atoms with van der Waals surface area (Å²) < 4.78 is 55.3. The molecule has 140 valence electrons. The van der Waals surface area contributed by atoms with E-state index in [1.165, 1.54) is 0 Å². The Morgan fingerprint density at radius 1 is 1.19 bits per heavy atom. The number of carbonyl (C=O) groups excluding carboxylic acids is 1. The van der Waals surface area contributed by atoms with Crippen LogP contribution in [0.15, 0.2) is 53.4 Å². The summed E-state index contributed by atoms with van der Waals surface area (Å²) >= 11 is 5.82. The van der Waals surface area contributed by atoms with Gasteiger partial charge < -0.3 is 10.5 Å². The minimum Gasteiger partial charge on any atom is -0.433 e. The van der Waals surface area contributed by atoms with Crippen molar-refractivity contribution in [1.82, 2.24) is 4.31 Å². The smallest absolute Gasteiger partial charge is 0.387 e. The summed E-state index contributed by atoms with van der Waals surface area (Å²) in [7, 11) is -4.16. The average molecular weight is 405 g/mol. The first-order valence-corrected chi connectivity index (χ1v) is 9.08. The van der Waals surface area contributed by atoms with E-state index in [2.05, 4.69) is 4.74 Å². The second kappa shape index (κ2) is 8.43. The van der Waals surface area contributed by atoms with Crippen molar-refractivity contribution in [1.29, 1.82) is 0 Å². The number of halogens is 3. The summed E-state index contributed by atoms with van der Waals surface area (Å²) in [4.78, 5) is 11.0. The monoisotopic (exact) mass is 404 g/mol. The van der Waals surface area contributed by atoms with E-state index in [0.717, 1.165) is 22.5 Å². The van der Waals surface area contributed by atoms with Crippen molar-refractivity contribution >= 4 is 27.5 Å². The number of nitrogens with zero attached hydrogens (tertiary/aromatic N) is 1. The first kappa shape index (κ1) is 20.1. The quantitative estimate of drug-likeness (QED) is 0.732. The summed E-state index contributed by atoms with van der Waals surface area (Å²) in [5.74, 6) is -1.20. The lowest BCUT2D eigenvalue weighted by Crippen LogP contribution is -2.38. The van der Waals surface area contributed by atoms with Crippen molar-refractivity contribution < 1.29 is 26.7 Å². The van der Waals surface area contributed by atoms with Crippen LogP contribution in [0.5, 0.6) is 5.75 Å². The third-order valence-corrected chi connectivity index (χ3v) is 5.37. The molecule has 0 unspecified atom stereocenters. The summed E-state index contributed by atoms with van der Waals surface area (Å²) in [6.07, 6.45) is 0. The largest absolute Gasteiger partial charge is 0.433 e. The Kier molecular flexibility index (Phi) is 6.52. The lowest BCUT2D eigenvalue weighted by atomic mass is 10.2. The number of amides is 1. The molecule has 1 amide bonds. The van der Waals surface area contributed by atoms with Gasteiger partial charge in [0.2, 0.25) is 15.9 Å². The van der Waals surface area contributed by atoms with E-state index < -0.39 is 29.1 Å². The highest BCUT2D eigenvalue weighted by Gasteiger charge is 2.27. The maximum Gasteiger partial charge on any atom is 0.387 e. The van der Waals surface area contributed by atoms with Crippen LogP contribution in [-0.4, -0.2) is 31.8 Å². The number of hydrogen-bond donors (Lipinski definition) is 1. The van der Waals surface area contributed by atoms with Crippen LogP contribution in [0.4, 0.5) is 8.78 Å². The van der Waals surface area contributed by atoms with Gasteiger partial charge in [-0.1, -0.05) is 41.9 Å². The van der Waals surface area contributed by atoms with Crippen LogP contribution in [-0.2, 0) is 21.4 Å². The van der Waals surface area contributed by atoms with Gasteiger partial charge in [0.15, 0.2) is 0 Å². The standard InChI is InChI=1S/C16H15ClF2N2O4S/c17-13-8-12(6-7-14(13)25-16(18)19)26(23,24)21(10-15(20)22)9-11-4-2-1-3-5-11/h1-8,16H,9-10H2,(H2,20,22). The maximum atomic E-state index is 12.8. The fourth-order valence-corrected chi connectivity index (χ4v) is 3.88. The molecule has 2 aromatic rings. The predicted octanol–water partition coefficient (Wildman–Crippen LogP) is 2.62. The Morgan fingerprint density at radius 3 is 2.38 bits per heavy atom. The third-order valence-electron chi connectivity index (χ3n) is 3.29. The van der Waals surface area contributed by atoms with E-state index in [0.29, 0.717) is 5.56 Å². The first-order chi connectivity index (χ1) is 12.2. The second-order valence-electron chi connectivity index (χ2n) is 5.20. The fraction of sp³-hybridized carbons (Fsp3) is 0.188. The normalized spacial score (nSPS) is 11.7. The van der Waals surface area contributed by atoms with Crippen LogP contribution in [0.3, 0.4) is 0 Å². The van der Waals surface area contributed by atoms with Crippen LogP contribution < -0.4 is 10.5 Å². The summed E-state index contributed by atoms with van der Waals surface area (Å²) in [5.41, 5.74) is 5.80. The van der Waals surface area contributed by atoms with Crippen LogP contribution in [0, 0.1) is 0 Å². The molecule has 0 aromatic heterocycles. The minimum atomic E-state index is -4.16. The highest BCUT2D eigenvalue weighted by molar-refractivity contribution is 7.89. The van der Waals surface area contributed by atoms with Crippen molar-refractivity contribution in [2.45, 2.75) is 18.1 Å². The van der Waals surface area contributed by atoms with E-state index in [1.54, 1.807) is 30.3 Å². The molecule has 0 fully saturated rings. The molecule has 2 rings (SSSR count). The fourth-order valence-electron chi connectivity index (χ4n) is 2.17. The topological polar surface area (TPSA) is 89.7 Å². The average Bonchev–Trinajstić information content (AvgIpc) is 2.56. The van der Waals surface area contributed by atoms with Crippen LogP contribution in [0.2, 0.25) is 5.02 Å². The molecule has 0 atom stereocenters. The number of hydrogen-bond acceptors (Lipinski definition) is 4. The Bertz CT molecular complexity index is 879. The van der Waals surface area contributed by atoms with Crippen LogP contribution >= 0.6 is 11.6 Å². The Hall–Kier alpha value is -2.23. The SMILES string of the molecule is NC(=O)CN(Cc1ccccc1)S(=O)(=O)c1ccc(OC(F)F)c(Cl)c1. The molecular formula is C16H15ClF2N2O4S. The molecule has 0 saturated heterocycles.